The Kier molecular flexibility index (Phi) is 4.75. The molecule has 0 aliphatic carbocycles. The van der Waals surface area contributed by atoms with Gasteiger partial charge in [0.25, 0.3) is 5.69 Å². The molecule has 0 radical (unpaired) electrons. The second kappa shape index (κ2) is 5.04. The molecule has 0 spiro atoms. The van der Waals surface area contributed by atoms with Crippen LogP contribution in [-0.4, -0.2) is 4.92 Å². The van der Waals surface area contributed by atoms with Gasteiger partial charge in [0.1, 0.15) is 0 Å². The Morgan fingerprint density at radius 1 is 1.33 bits per heavy atom. The van der Waals surface area contributed by atoms with Gasteiger partial charge in [-0.05, 0) is 0 Å². The predicted molar refractivity (Wildman–Crippen MR) is 42.2 cm³/mol. The summed E-state index contributed by atoms with van der Waals surface area (Å²) in [6, 6.07) is 6.40. The minimum atomic E-state index is -0.410. The van der Waals surface area contributed by atoms with E-state index in [0.717, 1.165) is 5.56 Å². The zero-order valence-electron chi connectivity index (χ0n) is 6.40. The van der Waals surface area contributed by atoms with E-state index in [-0.39, 0.29) is 26.8 Å². The molecular weight excluding hydrogens is 326 g/mol. The Morgan fingerprint density at radius 3 is 2.17 bits per heavy atom. The van der Waals surface area contributed by atoms with Crippen molar-refractivity contribution in [1.29, 1.82) is 0 Å². The molecule has 0 aromatic heterocycles. The summed E-state index contributed by atoms with van der Waals surface area (Å²) in [4.78, 5) is 9.78. The van der Waals surface area contributed by atoms with Crippen molar-refractivity contribution >= 4 is 5.69 Å². The second-order valence-corrected chi connectivity index (χ2v) is 2.17. The topological polar surface area (TPSA) is 43.1 Å². The van der Waals surface area contributed by atoms with Gasteiger partial charge in [0.15, 0.2) is 0 Å². The summed E-state index contributed by atoms with van der Waals surface area (Å²) in [5, 5.41) is 10.2. The monoisotopic (exact) mass is 334 g/mol. The van der Waals surface area contributed by atoms with Crippen molar-refractivity contribution in [2.45, 2.75) is 6.42 Å². The van der Waals surface area contributed by atoms with Crippen LogP contribution in [0.4, 0.5) is 5.69 Å². The SMILES string of the molecule is [CH2-]Cc1ccc([N+](=O)[O-])cc1.[W]. The van der Waals surface area contributed by atoms with E-state index in [1.54, 1.807) is 12.1 Å². The molecule has 0 aliphatic heterocycles. The molecule has 0 saturated heterocycles. The average Bonchev–Trinajstić information content (AvgIpc) is 2.05. The van der Waals surface area contributed by atoms with Crippen molar-refractivity contribution in [1.82, 2.24) is 0 Å². The molecule has 0 aliphatic rings. The third kappa shape index (κ3) is 2.74. The van der Waals surface area contributed by atoms with E-state index < -0.39 is 4.92 Å². The second-order valence-electron chi connectivity index (χ2n) is 2.17. The van der Waals surface area contributed by atoms with Crippen molar-refractivity contribution in [3.8, 4) is 0 Å². The van der Waals surface area contributed by atoms with Gasteiger partial charge < -0.3 is 6.92 Å². The molecule has 0 bridgehead atoms. The van der Waals surface area contributed by atoms with Crippen LogP contribution in [0.5, 0.6) is 0 Å². The van der Waals surface area contributed by atoms with Gasteiger partial charge in [0.2, 0.25) is 0 Å². The fourth-order valence-corrected chi connectivity index (χ4v) is 0.784. The van der Waals surface area contributed by atoms with Crippen LogP contribution < -0.4 is 0 Å². The van der Waals surface area contributed by atoms with Gasteiger partial charge in [0, 0.05) is 33.2 Å². The summed E-state index contributed by atoms with van der Waals surface area (Å²) >= 11 is 0. The molecule has 0 heterocycles. The van der Waals surface area contributed by atoms with E-state index >= 15 is 0 Å². The van der Waals surface area contributed by atoms with E-state index in [9.17, 15) is 10.1 Å². The van der Waals surface area contributed by atoms with Crippen LogP contribution in [0.15, 0.2) is 24.3 Å². The molecule has 3 nitrogen and oxygen atoms in total. The zero-order valence-corrected chi connectivity index (χ0v) is 9.33. The first-order valence-electron chi connectivity index (χ1n) is 3.26. The van der Waals surface area contributed by atoms with Crippen LogP contribution in [0.3, 0.4) is 0 Å². The van der Waals surface area contributed by atoms with E-state index in [1.165, 1.54) is 12.1 Å². The fourth-order valence-electron chi connectivity index (χ4n) is 0.784. The smallest absolute Gasteiger partial charge is 0.269 e. The first-order chi connectivity index (χ1) is 5.24. The van der Waals surface area contributed by atoms with Crippen molar-refractivity contribution in [3.05, 3.63) is 46.9 Å². The first kappa shape index (κ1) is 11.3. The quantitative estimate of drug-likeness (QED) is 0.472. The summed E-state index contributed by atoms with van der Waals surface area (Å²) in [7, 11) is 0. The fraction of sp³-hybridized carbons (Fsp3) is 0.125. The molecule has 0 unspecified atom stereocenters. The van der Waals surface area contributed by atoms with Crippen LogP contribution in [-0.2, 0) is 27.5 Å². The van der Waals surface area contributed by atoms with Crippen LogP contribution >= 0.6 is 0 Å². The van der Waals surface area contributed by atoms with Gasteiger partial charge in [-0.25, -0.2) is 0 Å². The molecule has 0 N–H and O–H groups in total. The molecule has 1 rings (SSSR count). The number of hydrogen-bond acceptors (Lipinski definition) is 2. The van der Waals surface area contributed by atoms with Gasteiger partial charge in [-0.2, -0.15) is 6.42 Å². The van der Waals surface area contributed by atoms with E-state index in [4.69, 9.17) is 0 Å². The summed E-state index contributed by atoms with van der Waals surface area (Å²) in [5.41, 5.74) is 1.14. The Morgan fingerprint density at radius 2 is 1.83 bits per heavy atom. The van der Waals surface area contributed by atoms with Crippen LogP contribution in [0.25, 0.3) is 0 Å². The number of nitrogens with zero attached hydrogens (tertiary/aromatic N) is 1. The summed E-state index contributed by atoms with van der Waals surface area (Å²) in [5.74, 6) is 0. The normalized spacial score (nSPS) is 8.75. The van der Waals surface area contributed by atoms with E-state index in [1.807, 2.05) is 0 Å². The molecule has 0 atom stereocenters. The Bertz CT molecular complexity index is 258. The number of nitro groups is 1. The maximum Gasteiger partial charge on any atom is 0.269 e. The minimum absolute atomic E-state index is 0. The molecule has 0 saturated carbocycles. The molecular formula is C8H8NO2W-. The number of benzene rings is 1. The number of nitro benzene ring substituents is 1. The third-order valence-corrected chi connectivity index (χ3v) is 1.44. The average molecular weight is 334 g/mol. The molecule has 1 aromatic rings. The molecule has 12 heavy (non-hydrogen) atoms. The summed E-state index contributed by atoms with van der Waals surface area (Å²) < 4.78 is 0. The van der Waals surface area contributed by atoms with Crippen molar-refractivity contribution in [3.63, 3.8) is 0 Å². The minimum Gasteiger partial charge on any atom is -0.339 e. The standard InChI is InChI=1S/C8H8NO2.W/c1-2-7-3-5-8(6-4-7)9(10)11;/h3-6H,1-2H2;/q-1;. The van der Waals surface area contributed by atoms with Crippen molar-refractivity contribution < 1.29 is 26.0 Å². The zero-order chi connectivity index (χ0) is 8.27. The Balaban J connectivity index is 0.00000121. The molecule has 64 valence electrons. The molecule has 0 fully saturated rings. The maximum atomic E-state index is 10.2. The first-order valence-corrected chi connectivity index (χ1v) is 3.26. The Labute approximate surface area is 85.2 Å². The van der Waals surface area contributed by atoms with Gasteiger partial charge in [-0.15, -0.1) is 0 Å². The van der Waals surface area contributed by atoms with Crippen LogP contribution in [0.1, 0.15) is 5.56 Å². The predicted octanol–water partition coefficient (Wildman–Crippen LogP) is 1.97. The summed E-state index contributed by atoms with van der Waals surface area (Å²) in [6.07, 6.45) is 0.665. The Hall–Kier alpha value is -0.692. The number of rotatable bonds is 2. The number of non-ortho nitro benzene ring substituents is 1. The molecule has 1 aromatic carbocycles. The van der Waals surface area contributed by atoms with Crippen LogP contribution in [0, 0.1) is 17.0 Å². The number of hydrogen-bond donors (Lipinski definition) is 0. The van der Waals surface area contributed by atoms with Crippen LogP contribution in [0.2, 0.25) is 0 Å². The van der Waals surface area contributed by atoms with Gasteiger partial charge in [0.05, 0.1) is 4.92 Å². The van der Waals surface area contributed by atoms with E-state index in [2.05, 4.69) is 6.92 Å². The van der Waals surface area contributed by atoms with E-state index in [0.29, 0.717) is 6.42 Å². The molecule has 4 heteroatoms. The van der Waals surface area contributed by atoms with Gasteiger partial charge >= 0.3 is 0 Å². The third-order valence-electron chi connectivity index (χ3n) is 1.44. The van der Waals surface area contributed by atoms with Gasteiger partial charge in [-0.3, -0.25) is 10.1 Å². The van der Waals surface area contributed by atoms with Gasteiger partial charge in [-0.1, -0.05) is 17.7 Å². The molecule has 0 amide bonds. The van der Waals surface area contributed by atoms with Crippen molar-refractivity contribution in [2.24, 2.45) is 0 Å². The largest absolute Gasteiger partial charge is 0.339 e. The summed E-state index contributed by atoms with van der Waals surface area (Å²) in [6.45, 7) is 3.66. The maximum absolute atomic E-state index is 10.2. The van der Waals surface area contributed by atoms with Crippen molar-refractivity contribution in [2.75, 3.05) is 0 Å².